The van der Waals surface area contributed by atoms with Crippen molar-refractivity contribution in [2.45, 2.75) is 6.10 Å². The van der Waals surface area contributed by atoms with E-state index in [0.717, 1.165) is 6.07 Å². The Kier molecular flexibility index (Phi) is 2.96. The molecule has 1 atom stereocenters. The van der Waals surface area contributed by atoms with Gasteiger partial charge >= 0.3 is 0 Å². The number of halogens is 1. The van der Waals surface area contributed by atoms with E-state index in [-0.39, 0.29) is 12.1 Å². The van der Waals surface area contributed by atoms with E-state index in [1.54, 1.807) is 6.07 Å². The topological polar surface area (TPSA) is 70.0 Å². The molecule has 0 aliphatic carbocycles. The summed E-state index contributed by atoms with van der Waals surface area (Å²) in [7, 11) is 0. The van der Waals surface area contributed by atoms with Gasteiger partial charge in [0.2, 0.25) is 0 Å². The van der Waals surface area contributed by atoms with E-state index in [0.29, 0.717) is 5.56 Å². The molecule has 0 aromatic heterocycles. The highest BCUT2D eigenvalue weighted by molar-refractivity contribution is 5.35. The van der Waals surface area contributed by atoms with E-state index in [9.17, 15) is 9.50 Å². The minimum absolute atomic E-state index is 0.0521. The fourth-order valence-electron chi connectivity index (χ4n) is 0.972. The maximum absolute atomic E-state index is 12.8. The summed E-state index contributed by atoms with van der Waals surface area (Å²) in [4.78, 5) is 0. The number of hydrogen-bond acceptors (Lipinski definition) is 3. The monoisotopic (exact) mass is 180 g/mol. The molecule has 3 nitrogen and oxygen atoms in total. The molecule has 0 aliphatic heterocycles. The smallest absolute Gasteiger partial charge is 0.140 e. The predicted octanol–water partition coefficient (Wildman–Crippen LogP) is 0.689. The van der Waals surface area contributed by atoms with Crippen molar-refractivity contribution in [2.75, 3.05) is 6.54 Å². The first-order chi connectivity index (χ1) is 6.19. The van der Waals surface area contributed by atoms with Crippen LogP contribution in [0.4, 0.5) is 4.39 Å². The normalized spacial score (nSPS) is 12.2. The zero-order valence-corrected chi connectivity index (χ0v) is 6.87. The molecule has 13 heavy (non-hydrogen) atoms. The Balaban J connectivity index is 3.08. The third-order valence-corrected chi connectivity index (χ3v) is 1.72. The van der Waals surface area contributed by atoms with Crippen LogP contribution < -0.4 is 5.73 Å². The van der Waals surface area contributed by atoms with Crippen molar-refractivity contribution in [2.24, 2.45) is 5.73 Å². The highest BCUT2D eigenvalue weighted by atomic mass is 19.1. The zero-order valence-electron chi connectivity index (χ0n) is 6.87. The number of benzene rings is 1. The van der Waals surface area contributed by atoms with Gasteiger partial charge in [-0.15, -0.1) is 0 Å². The van der Waals surface area contributed by atoms with Crippen molar-refractivity contribution >= 4 is 0 Å². The number of aliphatic hydroxyl groups is 1. The van der Waals surface area contributed by atoms with Gasteiger partial charge in [-0.2, -0.15) is 5.26 Å². The van der Waals surface area contributed by atoms with Gasteiger partial charge in [-0.1, -0.05) is 6.07 Å². The van der Waals surface area contributed by atoms with Crippen molar-refractivity contribution in [3.63, 3.8) is 0 Å². The van der Waals surface area contributed by atoms with Gasteiger partial charge in [0.05, 0.1) is 11.7 Å². The molecule has 0 bridgehead atoms. The van der Waals surface area contributed by atoms with Gasteiger partial charge < -0.3 is 10.8 Å². The van der Waals surface area contributed by atoms with E-state index in [4.69, 9.17) is 11.0 Å². The lowest BCUT2D eigenvalue weighted by atomic mass is 10.1. The van der Waals surface area contributed by atoms with Gasteiger partial charge in [0.1, 0.15) is 11.9 Å². The Hall–Kier alpha value is -1.44. The van der Waals surface area contributed by atoms with Crippen LogP contribution in [-0.4, -0.2) is 11.7 Å². The molecule has 0 saturated carbocycles. The van der Waals surface area contributed by atoms with Crippen molar-refractivity contribution in [3.05, 3.63) is 35.1 Å². The quantitative estimate of drug-likeness (QED) is 0.703. The molecule has 0 fully saturated rings. The first kappa shape index (κ1) is 9.65. The lowest BCUT2D eigenvalue weighted by Gasteiger charge is -2.07. The molecule has 1 aromatic rings. The molecular formula is C9H9FN2O. The Morgan fingerprint density at radius 3 is 2.85 bits per heavy atom. The van der Waals surface area contributed by atoms with Crippen LogP contribution in [0.15, 0.2) is 18.2 Å². The third-order valence-electron chi connectivity index (χ3n) is 1.72. The number of nitrogens with two attached hydrogens (primary N) is 1. The van der Waals surface area contributed by atoms with Crippen LogP contribution in [0.3, 0.4) is 0 Å². The molecule has 0 radical (unpaired) electrons. The maximum atomic E-state index is 12.8. The van der Waals surface area contributed by atoms with Crippen molar-refractivity contribution in [3.8, 4) is 6.07 Å². The minimum Gasteiger partial charge on any atom is -0.387 e. The zero-order chi connectivity index (χ0) is 9.84. The second-order valence-electron chi connectivity index (χ2n) is 2.60. The summed E-state index contributed by atoms with van der Waals surface area (Å²) < 4.78 is 12.8. The van der Waals surface area contributed by atoms with E-state index in [1.165, 1.54) is 12.1 Å². The molecule has 1 aromatic carbocycles. The molecule has 0 spiro atoms. The second-order valence-corrected chi connectivity index (χ2v) is 2.60. The van der Waals surface area contributed by atoms with Crippen LogP contribution in [0.5, 0.6) is 0 Å². The molecule has 0 amide bonds. The highest BCUT2D eigenvalue weighted by Crippen LogP contribution is 2.15. The van der Waals surface area contributed by atoms with Crippen LogP contribution in [-0.2, 0) is 0 Å². The lowest BCUT2D eigenvalue weighted by Crippen LogP contribution is -2.11. The third kappa shape index (κ3) is 2.02. The molecule has 1 rings (SSSR count). The summed E-state index contributed by atoms with van der Waals surface area (Å²) in [5.74, 6) is -0.588. The first-order valence-electron chi connectivity index (χ1n) is 3.76. The number of rotatable bonds is 2. The number of nitrogens with zero attached hydrogens (tertiary/aromatic N) is 1. The van der Waals surface area contributed by atoms with Crippen LogP contribution in [0.25, 0.3) is 0 Å². The largest absolute Gasteiger partial charge is 0.387 e. The van der Waals surface area contributed by atoms with Gasteiger partial charge in [-0.3, -0.25) is 0 Å². The minimum atomic E-state index is -0.840. The molecule has 4 heteroatoms. The van der Waals surface area contributed by atoms with Crippen molar-refractivity contribution < 1.29 is 9.50 Å². The molecule has 0 heterocycles. The van der Waals surface area contributed by atoms with Crippen LogP contribution in [0.2, 0.25) is 0 Å². The van der Waals surface area contributed by atoms with Crippen molar-refractivity contribution in [1.29, 1.82) is 5.26 Å². The van der Waals surface area contributed by atoms with Gasteiger partial charge in [0.25, 0.3) is 0 Å². The fraction of sp³-hybridized carbons (Fsp3) is 0.222. The molecule has 3 N–H and O–H groups in total. The Morgan fingerprint density at radius 1 is 1.62 bits per heavy atom. The molecular weight excluding hydrogens is 171 g/mol. The Morgan fingerprint density at radius 2 is 2.31 bits per heavy atom. The van der Waals surface area contributed by atoms with Crippen LogP contribution in [0, 0.1) is 17.1 Å². The maximum Gasteiger partial charge on any atom is 0.140 e. The molecule has 0 saturated heterocycles. The van der Waals surface area contributed by atoms with Crippen molar-refractivity contribution in [1.82, 2.24) is 0 Å². The standard InChI is InChI=1S/C9H9FN2O/c10-8-2-1-6(9(13)5-12)3-7(8)4-11/h1-3,9,13H,5,12H2. The molecule has 1 unspecified atom stereocenters. The molecule has 68 valence electrons. The average molecular weight is 180 g/mol. The lowest BCUT2D eigenvalue weighted by molar-refractivity contribution is 0.186. The van der Waals surface area contributed by atoms with Crippen LogP contribution >= 0.6 is 0 Å². The number of nitriles is 1. The van der Waals surface area contributed by atoms with Gasteiger partial charge in [-0.25, -0.2) is 4.39 Å². The first-order valence-corrected chi connectivity index (χ1v) is 3.76. The summed E-state index contributed by atoms with van der Waals surface area (Å²) >= 11 is 0. The van der Waals surface area contributed by atoms with E-state index >= 15 is 0 Å². The summed E-state index contributed by atoms with van der Waals surface area (Å²) in [5.41, 5.74) is 5.59. The average Bonchev–Trinajstić information content (AvgIpc) is 2.17. The van der Waals surface area contributed by atoms with Crippen LogP contribution in [0.1, 0.15) is 17.2 Å². The fourth-order valence-corrected chi connectivity index (χ4v) is 0.972. The Bertz CT molecular complexity index is 346. The van der Waals surface area contributed by atoms with Gasteiger partial charge in [-0.05, 0) is 17.7 Å². The summed E-state index contributed by atoms with van der Waals surface area (Å²) in [6.07, 6.45) is -0.840. The second kappa shape index (κ2) is 3.99. The summed E-state index contributed by atoms with van der Waals surface area (Å²) in [5, 5.41) is 17.8. The van der Waals surface area contributed by atoms with E-state index in [1.807, 2.05) is 0 Å². The number of aliphatic hydroxyl groups excluding tert-OH is 1. The van der Waals surface area contributed by atoms with Gasteiger partial charge in [0.15, 0.2) is 0 Å². The van der Waals surface area contributed by atoms with E-state index < -0.39 is 11.9 Å². The number of hydrogen-bond donors (Lipinski definition) is 2. The van der Waals surface area contributed by atoms with E-state index in [2.05, 4.69) is 0 Å². The Labute approximate surface area is 75.2 Å². The predicted molar refractivity (Wildman–Crippen MR) is 45.1 cm³/mol. The summed E-state index contributed by atoms with van der Waals surface area (Å²) in [6.45, 7) is 0.0521. The summed E-state index contributed by atoms with van der Waals surface area (Å²) in [6, 6.07) is 5.54. The molecule has 0 aliphatic rings. The highest BCUT2D eigenvalue weighted by Gasteiger charge is 2.08. The SMILES string of the molecule is N#Cc1cc(C(O)CN)ccc1F. The van der Waals surface area contributed by atoms with Gasteiger partial charge in [0, 0.05) is 6.54 Å².